The summed E-state index contributed by atoms with van der Waals surface area (Å²) in [6.45, 7) is 9.05. The average molecular weight is 424 g/mol. The molecule has 7 heteroatoms. The van der Waals surface area contributed by atoms with Crippen molar-refractivity contribution in [3.63, 3.8) is 0 Å². The van der Waals surface area contributed by atoms with Gasteiger partial charge in [0.25, 0.3) is 11.8 Å². The van der Waals surface area contributed by atoms with Gasteiger partial charge in [-0.2, -0.15) is 0 Å². The standard InChI is InChI=1S/C21H33N3O4.C2H6.H2/c1-17-12-15-23(16-17)19(26)9-5-2-6-13-22-18(25)8-4-3-7-14-24-20(27)10-11-21(24)28;1-2;/h10-11,17H,2-9,12-16H2,1H3,(H,22,25);1-2H3;1H. The van der Waals surface area contributed by atoms with Gasteiger partial charge in [-0.15, -0.1) is 0 Å². The number of nitrogens with one attached hydrogen (secondary N) is 1. The quantitative estimate of drug-likeness (QED) is 0.385. The van der Waals surface area contributed by atoms with Crippen LogP contribution in [0.3, 0.4) is 0 Å². The molecule has 0 aliphatic carbocycles. The number of hydrogen-bond acceptors (Lipinski definition) is 4. The van der Waals surface area contributed by atoms with E-state index < -0.39 is 0 Å². The summed E-state index contributed by atoms with van der Waals surface area (Å²) < 4.78 is 0. The summed E-state index contributed by atoms with van der Waals surface area (Å²) in [5.74, 6) is 0.429. The number of amides is 4. The summed E-state index contributed by atoms with van der Waals surface area (Å²) in [4.78, 5) is 49.8. The van der Waals surface area contributed by atoms with E-state index in [0.717, 1.165) is 58.0 Å². The molecule has 0 radical (unpaired) electrons. The minimum absolute atomic E-state index is 0. The van der Waals surface area contributed by atoms with Crippen LogP contribution in [0.2, 0.25) is 0 Å². The molecule has 0 spiro atoms. The summed E-state index contributed by atoms with van der Waals surface area (Å²) in [7, 11) is 0. The molecule has 1 fully saturated rings. The van der Waals surface area contributed by atoms with Gasteiger partial charge in [0.15, 0.2) is 0 Å². The van der Waals surface area contributed by atoms with E-state index in [9.17, 15) is 19.2 Å². The molecule has 4 amide bonds. The lowest BCUT2D eigenvalue weighted by Gasteiger charge is -2.15. The number of carbonyl (C=O) groups is 4. The van der Waals surface area contributed by atoms with Crippen LogP contribution in [0.4, 0.5) is 0 Å². The first-order valence-corrected chi connectivity index (χ1v) is 11.6. The van der Waals surface area contributed by atoms with Crippen molar-refractivity contribution >= 4 is 23.6 Å². The number of likely N-dealkylation sites (tertiary alicyclic amines) is 1. The lowest BCUT2D eigenvalue weighted by molar-refractivity contribution is -0.137. The van der Waals surface area contributed by atoms with Crippen LogP contribution in [-0.2, 0) is 19.2 Å². The lowest BCUT2D eigenvalue weighted by atomic mass is 10.1. The topological polar surface area (TPSA) is 86.8 Å². The lowest BCUT2D eigenvalue weighted by Crippen LogP contribution is -2.30. The van der Waals surface area contributed by atoms with Gasteiger partial charge >= 0.3 is 0 Å². The van der Waals surface area contributed by atoms with Crippen LogP contribution in [0.5, 0.6) is 0 Å². The van der Waals surface area contributed by atoms with Crippen LogP contribution in [0, 0.1) is 5.92 Å². The van der Waals surface area contributed by atoms with Gasteiger partial charge in [0.2, 0.25) is 11.8 Å². The molecule has 1 unspecified atom stereocenters. The van der Waals surface area contributed by atoms with E-state index in [2.05, 4.69) is 12.2 Å². The predicted molar refractivity (Wildman–Crippen MR) is 120 cm³/mol. The minimum atomic E-state index is -0.251. The second-order valence-electron chi connectivity index (χ2n) is 7.87. The smallest absolute Gasteiger partial charge is 0.253 e. The second kappa shape index (κ2) is 14.7. The zero-order valence-electron chi connectivity index (χ0n) is 19.0. The molecular weight excluding hydrogens is 382 g/mol. The maximum absolute atomic E-state index is 12.0. The van der Waals surface area contributed by atoms with Gasteiger partial charge in [-0.25, -0.2) is 0 Å². The average Bonchev–Trinajstić information content (AvgIpc) is 3.31. The van der Waals surface area contributed by atoms with Gasteiger partial charge in [0.1, 0.15) is 0 Å². The maximum Gasteiger partial charge on any atom is 0.253 e. The highest BCUT2D eigenvalue weighted by atomic mass is 16.2. The largest absolute Gasteiger partial charge is 0.356 e. The van der Waals surface area contributed by atoms with Crippen molar-refractivity contribution in [2.45, 2.75) is 78.6 Å². The number of hydrogen-bond donors (Lipinski definition) is 1. The third-order valence-corrected chi connectivity index (χ3v) is 5.35. The van der Waals surface area contributed by atoms with Gasteiger partial charge in [-0.1, -0.05) is 33.6 Å². The molecule has 172 valence electrons. The highest BCUT2D eigenvalue weighted by molar-refractivity contribution is 6.12. The Morgan fingerprint density at radius 3 is 2.27 bits per heavy atom. The summed E-state index contributed by atoms with van der Waals surface area (Å²) in [6.07, 6.45) is 9.76. The van der Waals surface area contributed by atoms with Gasteiger partial charge in [0.05, 0.1) is 0 Å². The minimum Gasteiger partial charge on any atom is -0.356 e. The van der Waals surface area contributed by atoms with Gasteiger partial charge in [-0.3, -0.25) is 24.1 Å². The Kier molecular flexibility index (Phi) is 12.7. The van der Waals surface area contributed by atoms with Crippen LogP contribution in [0.1, 0.15) is 80.0 Å². The number of rotatable bonds is 12. The Morgan fingerprint density at radius 2 is 1.63 bits per heavy atom. The van der Waals surface area contributed by atoms with Crippen molar-refractivity contribution in [1.29, 1.82) is 0 Å². The van der Waals surface area contributed by atoms with Crippen LogP contribution in [-0.4, -0.2) is 59.6 Å². The first-order chi connectivity index (χ1) is 14.5. The van der Waals surface area contributed by atoms with Crippen LogP contribution >= 0.6 is 0 Å². The summed E-state index contributed by atoms with van der Waals surface area (Å²) in [5, 5.41) is 2.91. The number of unbranched alkanes of at least 4 members (excludes halogenated alkanes) is 4. The van der Waals surface area contributed by atoms with E-state index in [0.29, 0.717) is 31.8 Å². The zero-order valence-corrected chi connectivity index (χ0v) is 19.0. The normalized spacial score (nSPS) is 17.9. The fourth-order valence-electron chi connectivity index (χ4n) is 3.60. The van der Waals surface area contributed by atoms with Crippen molar-refractivity contribution in [1.82, 2.24) is 15.1 Å². The fourth-order valence-corrected chi connectivity index (χ4v) is 3.60. The first kappa shape index (κ1) is 25.9. The molecule has 0 aromatic rings. The number of nitrogens with zero attached hydrogens (tertiary/aromatic N) is 2. The van der Waals surface area contributed by atoms with Crippen molar-refractivity contribution in [2.24, 2.45) is 5.92 Å². The molecule has 7 nitrogen and oxygen atoms in total. The fraction of sp³-hybridized carbons (Fsp3) is 0.739. The van der Waals surface area contributed by atoms with E-state index in [-0.39, 0.29) is 25.1 Å². The summed E-state index contributed by atoms with van der Waals surface area (Å²) in [6, 6.07) is 0. The monoisotopic (exact) mass is 423 g/mol. The molecule has 2 aliphatic heterocycles. The predicted octanol–water partition coefficient (Wildman–Crippen LogP) is 3.29. The summed E-state index contributed by atoms with van der Waals surface area (Å²) in [5.41, 5.74) is 0. The van der Waals surface area contributed by atoms with E-state index >= 15 is 0 Å². The van der Waals surface area contributed by atoms with E-state index in [1.807, 2.05) is 18.7 Å². The van der Waals surface area contributed by atoms with Crippen molar-refractivity contribution in [2.75, 3.05) is 26.2 Å². The van der Waals surface area contributed by atoms with E-state index in [1.165, 1.54) is 17.1 Å². The van der Waals surface area contributed by atoms with Crippen molar-refractivity contribution in [3.05, 3.63) is 12.2 Å². The molecule has 30 heavy (non-hydrogen) atoms. The first-order valence-electron chi connectivity index (χ1n) is 11.6. The Morgan fingerprint density at radius 1 is 1.00 bits per heavy atom. The molecule has 2 heterocycles. The SMILES string of the molecule is CC.CC1CCN(C(=O)CCCCCNC(=O)CCCCCN2C(=O)C=CC2=O)C1.[HH]. The van der Waals surface area contributed by atoms with Crippen LogP contribution < -0.4 is 5.32 Å². The van der Waals surface area contributed by atoms with Gasteiger partial charge in [-0.05, 0) is 38.0 Å². The van der Waals surface area contributed by atoms with E-state index in [1.54, 1.807) is 0 Å². The summed E-state index contributed by atoms with van der Waals surface area (Å²) >= 11 is 0. The van der Waals surface area contributed by atoms with Crippen LogP contribution in [0.15, 0.2) is 12.2 Å². The molecular formula is C23H41N3O4. The van der Waals surface area contributed by atoms with Gasteiger partial charge < -0.3 is 10.2 Å². The Bertz CT molecular complexity index is 592. The number of carbonyl (C=O) groups excluding carboxylic acids is 4. The molecule has 1 saturated heterocycles. The molecule has 2 rings (SSSR count). The third-order valence-electron chi connectivity index (χ3n) is 5.35. The van der Waals surface area contributed by atoms with E-state index in [4.69, 9.17) is 0 Å². The molecule has 1 atom stereocenters. The zero-order chi connectivity index (χ0) is 22.4. The molecule has 2 aliphatic rings. The molecule has 0 saturated carbocycles. The maximum atomic E-state index is 12.0. The van der Waals surface area contributed by atoms with Crippen LogP contribution in [0.25, 0.3) is 0 Å². The van der Waals surface area contributed by atoms with Crippen molar-refractivity contribution < 1.29 is 20.6 Å². The van der Waals surface area contributed by atoms with Crippen molar-refractivity contribution in [3.8, 4) is 0 Å². The molecule has 0 aromatic heterocycles. The van der Waals surface area contributed by atoms with Gasteiger partial charge in [0, 0.05) is 52.6 Å². The Balaban J connectivity index is 0.00000291. The highest BCUT2D eigenvalue weighted by Gasteiger charge is 2.23. The molecule has 0 aromatic carbocycles. The number of imide groups is 1. The molecule has 0 bridgehead atoms. The third kappa shape index (κ3) is 9.55. The Hall–Kier alpha value is -2.18. The second-order valence-corrected chi connectivity index (χ2v) is 7.87. The Labute approximate surface area is 182 Å². The highest BCUT2D eigenvalue weighted by Crippen LogP contribution is 2.16. The molecule has 1 N–H and O–H groups in total.